The number of aromatic nitrogens is 3. The molecule has 1 amide bonds. The van der Waals surface area contributed by atoms with Gasteiger partial charge in [-0.25, -0.2) is 0 Å². The molecule has 24 heavy (non-hydrogen) atoms. The summed E-state index contributed by atoms with van der Waals surface area (Å²) in [5.74, 6) is 0.601. The Bertz CT molecular complexity index is 905. The van der Waals surface area contributed by atoms with Crippen molar-refractivity contribution in [2.75, 3.05) is 0 Å². The van der Waals surface area contributed by atoms with Gasteiger partial charge in [-0.15, -0.1) is 11.8 Å². The predicted molar refractivity (Wildman–Crippen MR) is 93.6 cm³/mol. The van der Waals surface area contributed by atoms with Crippen LogP contribution in [0.2, 0.25) is 0 Å². The van der Waals surface area contributed by atoms with Crippen LogP contribution in [0.15, 0.2) is 53.6 Å². The van der Waals surface area contributed by atoms with Crippen LogP contribution in [0, 0.1) is 0 Å². The number of thioether (sulfide) groups is 1. The minimum Gasteiger partial charge on any atom is -0.345 e. The maximum Gasteiger partial charge on any atom is 0.272 e. The molecule has 1 aliphatic heterocycles. The molecule has 0 atom stereocenters. The minimum atomic E-state index is -0.155. The normalized spacial score (nSPS) is 12.4. The second kappa shape index (κ2) is 6.13. The van der Waals surface area contributed by atoms with Crippen LogP contribution in [0.1, 0.15) is 21.7 Å². The third-order valence-electron chi connectivity index (χ3n) is 4.03. The molecule has 0 saturated heterocycles. The molecule has 0 spiro atoms. The first-order chi connectivity index (χ1) is 11.7. The van der Waals surface area contributed by atoms with E-state index in [1.807, 2.05) is 42.1 Å². The van der Waals surface area contributed by atoms with Crippen LogP contribution in [-0.4, -0.2) is 20.7 Å². The highest BCUT2D eigenvalue weighted by Gasteiger charge is 2.27. The lowest BCUT2D eigenvalue weighted by molar-refractivity contribution is 0.0944. The van der Waals surface area contributed by atoms with Gasteiger partial charge in [0.15, 0.2) is 5.69 Å². The van der Waals surface area contributed by atoms with Crippen molar-refractivity contribution in [2.45, 2.75) is 17.2 Å². The van der Waals surface area contributed by atoms with Crippen molar-refractivity contribution >= 4 is 17.7 Å². The van der Waals surface area contributed by atoms with Crippen LogP contribution in [0.5, 0.6) is 0 Å². The molecule has 4 rings (SSSR count). The van der Waals surface area contributed by atoms with Crippen molar-refractivity contribution in [2.24, 2.45) is 7.05 Å². The third kappa shape index (κ3) is 2.59. The fraction of sp³-hybridized carbons (Fsp3) is 0.167. The molecule has 0 saturated carbocycles. The van der Waals surface area contributed by atoms with Crippen molar-refractivity contribution in [1.82, 2.24) is 20.1 Å². The van der Waals surface area contributed by atoms with Crippen LogP contribution in [0.4, 0.5) is 0 Å². The molecule has 0 unspecified atom stereocenters. The standard InChI is InChI=1S/C18H16N4OS/c1-22-17-13-7-2-3-8-15(13)24-11-14(17)16(21-22)18(23)20-10-12-6-4-5-9-19-12/h2-9H,10-11H2,1H3,(H,20,23). The third-order valence-corrected chi connectivity index (χ3v) is 5.13. The summed E-state index contributed by atoms with van der Waals surface area (Å²) in [4.78, 5) is 18.0. The van der Waals surface area contributed by atoms with Gasteiger partial charge in [0.05, 0.1) is 17.9 Å². The second-order valence-electron chi connectivity index (χ2n) is 5.59. The molecule has 0 bridgehead atoms. The van der Waals surface area contributed by atoms with Gasteiger partial charge in [0.2, 0.25) is 0 Å². The van der Waals surface area contributed by atoms with E-state index >= 15 is 0 Å². The quantitative estimate of drug-likeness (QED) is 0.799. The zero-order valence-corrected chi connectivity index (χ0v) is 14.0. The first-order valence-corrected chi connectivity index (χ1v) is 8.69. The van der Waals surface area contributed by atoms with Crippen molar-refractivity contribution in [3.63, 3.8) is 0 Å². The number of rotatable bonds is 3. The number of amides is 1. The van der Waals surface area contributed by atoms with Gasteiger partial charge in [0.1, 0.15) is 0 Å². The molecule has 3 aromatic rings. The van der Waals surface area contributed by atoms with E-state index in [9.17, 15) is 4.79 Å². The lowest BCUT2D eigenvalue weighted by atomic mass is 10.1. The fourth-order valence-corrected chi connectivity index (χ4v) is 3.99. The van der Waals surface area contributed by atoms with Gasteiger partial charge in [0.25, 0.3) is 5.91 Å². The Morgan fingerprint density at radius 3 is 2.92 bits per heavy atom. The molecule has 5 nitrogen and oxygen atoms in total. The van der Waals surface area contributed by atoms with Crippen molar-refractivity contribution in [1.29, 1.82) is 0 Å². The monoisotopic (exact) mass is 336 g/mol. The van der Waals surface area contributed by atoms with E-state index in [0.29, 0.717) is 12.2 Å². The number of nitrogens with zero attached hydrogens (tertiary/aromatic N) is 3. The molecule has 6 heteroatoms. The predicted octanol–water partition coefficient (Wildman–Crippen LogP) is 3.02. The van der Waals surface area contributed by atoms with Gasteiger partial charge in [-0.2, -0.15) is 5.10 Å². The molecule has 1 aromatic carbocycles. The lowest BCUT2D eigenvalue weighted by Gasteiger charge is -2.16. The Balaban J connectivity index is 1.63. The summed E-state index contributed by atoms with van der Waals surface area (Å²) < 4.78 is 1.81. The molecule has 0 radical (unpaired) electrons. The number of carbonyl (C=O) groups is 1. The largest absolute Gasteiger partial charge is 0.345 e. The molecule has 3 heterocycles. The van der Waals surface area contributed by atoms with E-state index in [1.165, 1.54) is 4.90 Å². The summed E-state index contributed by atoms with van der Waals surface area (Å²) in [6.07, 6.45) is 1.72. The van der Waals surface area contributed by atoms with Gasteiger partial charge in [0, 0.05) is 35.0 Å². The van der Waals surface area contributed by atoms with Gasteiger partial charge in [-0.3, -0.25) is 14.5 Å². The van der Waals surface area contributed by atoms with E-state index in [1.54, 1.807) is 18.0 Å². The average molecular weight is 336 g/mol. The Hall–Kier alpha value is -2.60. The summed E-state index contributed by atoms with van der Waals surface area (Å²) in [5, 5.41) is 7.39. The molecule has 1 aliphatic rings. The number of benzene rings is 1. The van der Waals surface area contributed by atoms with Crippen molar-refractivity contribution in [3.05, 3.63) is 65.6 Å². The maximum absolute atomic E-state index is 12.6. The van der Waals surface area contributed by atoms with Crippen LogP contribution in [0.3, 0.4) is 0 Å². The van der Waals surface area contributed by atoms with Gasteiger partial charge in [-0.05, 0) is 18.2 Å². The van der Waals surface area contributed by atoms with Crippen LogP contribution in [-0.2, 0) is 19.3 Å². The number of fused-ring (bicyclic) bond motifs is 3. The molecule has 2 aromatic heterocycles. The Labute approximate surface area is 144 Å². The summed E-state index contributed by atoms with van der Waals surface area (Å²) in [7, 11) is 1.89. The minimum absolute atomic E-state index is 0.155. The Kier molecular flexibility index (Phi) is 3.82. The molecule has 0 aliphatic carbocycles. The first kappa shape index (κ1) is 15.0. The van der Waals surface area contributed by atoms with E-state index in [4.69, 9.17) is 0 Å². The number of hydrogen-bond acceptors (Lipinski definition) is 4. The average Bonchev–Trinajstić information content (AvgIpc) is 2.98. The topological polar surface area (TPSA) is 59.8 Å². The number of carbonyl (C=O) groups excluding carboxylic acids is 1. The Morgan fingerprint density at radius 2 is 2.08 bits per heavy atom. The van der Waals surface area contributed by atoms with Crippen molar-refractivity contribution < 1.29 is 4.79 Å². The van der Waals surface area contributed by atoms with Gasteiger partial charge in [-0.1, -0.05) is 24.3 Å². The van der Waals surface area contributed by atoms with E-state index in [2.05, 4.69) is 27.5 Å². The van der Waals surface area contributed by atoms with Crippen LogP contribution < -0.4 is 5.32 Å². The number of pyridine rings is 1. The number of hydrogen-bond donors (Lipinski definition) is 1. The maximum atomic E-state index is 12.6. The van der Waals surface area contributed by atoms with Crippen molar-refractivity contribution in [3.8, 4) is 11.3 Å². The highest BCUT2D eigenvalue weighted by atomic mass is 32.2. The molecule has 0 fully saturated rings. The first-order valence-electron chi connectivity index (χ1n) is 7.70. The highest BCUT2D eigenvalue weighted by Crippen LogP contribution is 2.42. The SMILES string of the molecule is Cn1nc(C(=O)NCc2ccccn2)c2c1-c1ccccc1SC2. The molecule has 120 valence electrons. The van der Waals surface area contributed by atoms with E-state index in [0.717, 1.165) is 28.3 Å². The molecular weight excluding hydrogens is 320 g/mol. The zero-order valence-electron chi connectivity index (χ0n) is 13.2. The molecular formula is C18H16N4OS. The second-order valence-corrected chi connectivity index (χ2v) is 6.61. The summed E-state index contributed by atoms with van der Waals surface area (Å²) in [5.41, 5.74) is 4.51. The summed E-state index contributed by atoms with van der Waals surface area (Å²) >= 11 is 1.75. The summed E-state index contributed by atoms with van der Waals surface area (Å²) in [6.45, 7) is 0.398. The smallest absolute Gasteiger partial charge is 0.272 e. The summed E-state index contributed by atoms with van der Waals surface area (Å²) in [6, 6.07) is 13.9. The van der Waals surface area contributed by atoms with E-state index in [-0.39, 0.29) is 5.91 Å². The number of aryl methyl sites for hydroxylation is 1. The highest BCUT2D eigenvalue weighted by molar-refractivity contribution is 7.98. The fourth-order valence-electron chi connectivity index (χ4n) is 2.92. The van der Waals surface area contributed by atoms with Gasteiger partial charge < -0.3 is 5.32 Å². The number of nitrogens with one attached hydrogen (secondary N) is 1. The zero-order chi connectivity index (χ0) is 16.5. The lowest BCUT2D eigenvalue weighted by Crippen LogP contribution is -2.24. The molecule has 1 N–H and O–H groups in total. The van der Waals surface area contributed by atoms with Crippen LogP contribution >= 0.6 is 11.8 Å². The van der Waals surface area contributed by atoms with Gasteiger partial charge >= 0.3 is 0 Å². The van der Waals surface area contributed by atoms with E-state index < -0.39 is 0 Å². The van der Waals surface area contributed by atoms with Crippen LogP contribution in [0.25, 0.3) is 11.3 Å². The Morgan fingerprint density at radius 1 is 1.25 bits per heavy atom.